The zero-order valence-electron chi connectivity index (χ0n) is 21.5. The first-order valence-electron chi connectivity index (χ1n) is 12.0. The predicted molar refractivity (Wildman–Crippen MR) is 151 cm³/mol. The Kier molecular flexibility index (Phi) is 8.42. The summed E-state index contributed by atoms with van der Waals surface area (Å²) in [5.41, 5.74) is 3.00. The van der Waals surface area contributed by atoms with Gasteiger partial charge in [-0.15, -0.1) is 0 Å². The number of aryl methyl sites for hydroxylation is 1. The summed E-state index contributed by atoms with van der Waals surface area (Å²) in [5, 5.41) is 12.4. The van der Waals surface area contributed by atoms with Crippen LogP contribution >= 0.6 is 27.5 Å². The number of nitrogens with zero attached hydrogens (tertiary/aromatic N) is 2. The van der Waals surface area contributed by atoms with E-state index in [9.17, 15) is 14.4 Å². The largest absolute Gasteiger partial charge is 0.481 e. The van der Waals surface area contributed by atoms with Crippen LogP contribution in [0.25, 0.3) is 0 Å². The van der Waals surface area contributed by atoms with Gasteiger partial charge in [-0.3, -0.25) is 14.5 Å². The lowest BCUT2D eigenvalue weighted by Gasteiger charge is -2.37. The number of halogens is 3. The summed E-state index contributed by atoms with van der Waals surface area (Å²) in [6, 6.07) is 15.3. The molecule has 0 fully saturated rings. The Morgan fingerprint density at radius 2 is 1.77 bits per heavy atom. The molecule has 0 aromatic heterocycles. The molecule has 39 heavy (non-hydrogen) atoms. The average Bonchev–Trinajstić information content (AvgIpc) is 2.88. The van der Waals surface area contributed by atoms with Gasteiger partial charge in [0.15, 0.2) is 0 Å². The molecule has 10 heteroatoms. The smallest absolute Gasteiger partial charge is 0.327 e. The Morgan fingerprint density at radius 1 is 1.10 bits per heavy atom. The van der Waals surface area contributed by atoms with Gasteiger partial charge in [0.25, 0.3) is 5.91 Å². The van der Waals surface area contributed by atoms with Crippen molar-refractivity contribution >= 4 is 51.1 Å². The first kappa shape index (κ1) is 28.3. The van der Waals surface area contributed by atoms with Gasteiger partial charge >= 0.3 is 12.0 Å². The minimum atomic E-state index is -1.06. The molecule has 4 rings (SSSR count). The molecule has 3 aromatic rings. The highest BCUT2D eigenvalue weighted by Gasteiger charge is 2.39. The number of rotatable bonds is 7. The average molecular weight is 615 g/mol. The minimum absolute atomic E-state index is 0.165. The van der Waals surface area contributed by atoms with Crippen molar-refractivity contribution in [3.63, 3.8) is 0 Å². The second-order valence-electron chi connectivity index (χ2n) is 9.30. The quantitative estimate of drug-likeness (QED) is 0.323. The van der Waals surface area contributed by atoms with E-state index in [1.54, 1.807) is 69.4 Å². The number of carbonyl (C=O) groups excluding carboxylic acids is 2. The molecule has 1 aliphatic rings. The number of urea groups is 1. The second-order valence-corrected chi connectivity index (χ2v) is 10.6. The molecular weight excluding hydrogens is 589 g/mol. The molecule has 0 saturated carbocycles. The van der Waals surface area contributed by atoms with Crippen LogP contribution in [0.2, 0.25) is 5.02 Å². The molecule has 1 atom stereocenters. The normalized spacial score (nSPS) is 15.3. The van der Waals surface area contributed by atoms with Crippen LogP contribution in [-0.2, 0) is 22.6 Å². The van der Waals surface area contributed by atoms with Crippen molar-refractivity contribution in [2.45, 2.75) is 32.9 Å². The summed E-state index contributed by atoms with van der Waals surface area (Å²) >= 11 is 9.55. The summed E-state index contributed by atoms with van der Waals surface area (Å²) in [5.74, 6) is -1.96. The number of likely N-dealkylation sites (N-methyl/N-ethyl adjacent to an activating group) is 1. The van der Waals surface area contributed by atoms with Gasteiger partial charge in [0.05, 0.1) is 28.2 Å². The Labute approximate surface area is 239 Å². The Morgan fingerprint density at radius 3 is 2.41 bits per heavy atom. The fraction of sp³-hybridized carbons (Fsp3) is 0.207. The number of nitrogens with one attached hydrogen (secondary N) is 1. The van der Waals surface area contributed by atoms with Crippen molar-refractivity contribution in [2.75, 3.05) is 11.9 Å². The van der Waals surface area contributed by atoms with Crippen molar-refractivity contribution < 1.29 is 23.9 Å². The van der Waals surface area contributed by atoms with E-state index in [-0.39, 0.29) is 28.6 Å². The van der Waals surface area contributed by atoms with Crippen LogP contribution in [0.1, 0.15) is 35.2 Å². The summed E-state index contributed by atoms with van der Waals surface area (Å²) in [6.07, 6.45) is -0.165. The van der Waals surface area contributed by atoms with Crippen molar-refractivity contribution in [1.82, 2.24) is 10.2 Å². The maximum atomic E-state index is 15.5. The van der Waals surface area contributed by atoms with Gasteiger partial charge < -0.3 is 15.3 Å². The van der Waals surface area contributed by atoms with Crippen LogP contribution in [0, 0.1) is 12.7 Å². The van der Waals surface area contributed by atoms with E-state index in [0.717, 1.165) is 5.56 Å². The summed E-state index contributed by atoms with van der Waals surface area (Å²) in [7, 11) is 1.62. The number of anilines is 1. The van der Waals surface area contributed by atoms with Gasteiger partial charge in [-0.1, -0.05) is 48.0 Å². The van der Waals surface area contributed by atoms with E-state index in [0.29, 0.717) is 27.5 Å². The van der Waals surface area contributed by atoms with Crippen LogP contribution in [0.4, 0.5) is 14.9 Å². The highest BCUT2D eigenvalue weighted by Crippen LogP contribution is 2.38. The van der Waals surface area contributed by atoms with Gasteiger partial charge in [0, 0.05) is 29.9 Å². The molecule has 2 N–H and O–H groups in total. The number of hydrogen-bond donors (Lipinski definition) is 2. The van der Waals surface area contributed by atoms with Crippen LogP contribution in [-0.4, -0.2) is 35.0 Å². The van der Waals surface area contributed by atoms with Crippen LogP contribution in [0.3, 0.4) is 0 Å². The molecule has 1 unspecified atom stereocenters. The molecule has 0 spiro atoms. The van der Waals surface area contributed by atoms with E-state index in [4.69, 9.17) is 16.7 Å². The van der Waals surface area contributed by atoms with Crippen LogP contribution in [0.5, 0.6) is 0 Å². The molecular formula is C29H26BrClFN3O4. The summed E-state index contributed by atoms with van der Waals surface area (Å²) in [4.78, 5) is 41.4. The first-order chi connectivity index (χ1) is 18.5. The van der Waals surface area contributed by atoms with Crippen molar-refractivity contribution in [2.24, 2.45) is 0 Å². The number of aliphatic carboxylic acids is 1. The van der Waals surface area contributed by atoms with E-state index < -0.39 is 29.8 Å². The molecule has 1 aliphatic heterocycles. The maximum Gasteiger partial charge on any atom is 0.327 e. The number of allylic oxidation sites excluding steroid dienone is 1. The van der Waals surface area contributed by atoms with Gasteiger partial charge in [-0.05, 0) is 70.7 Å². The van der Waals surface area contributed by atoms with Gasteiger partial charge in [-0.2, -0.15) is 0 Å². The molecule has 0 saturated heterocycles. The lowest BCUT2D eigenvalue weighted by molar-refractivity contribution is -0.136. The molecule has 7 nitrogen and oxygen atoms in total. The third-order valence-corrected chi connectivity index (χ3v) is 7.60. The highest BCUT2D eigenvalue weighted by atomic mass is 79.9. The zero-order valence-corrected chi connectivity index (χ0v) is 23.8. The number of carbonyl (C=O) groups is 3. The topological polar surface area (TPSA) is 90.0 Å². The third kappa shape index (κ3) is 5.84. The maximum absolute atomic E-state index is 15.5. The molecule has 0 aliphatic carbocycles. The van der Waals surface area contributed by atoms with E-state index in [1.165, 1.54) is 9.80 Å². The lowest BCUT2D eigenvalue weighted by atomic mass is 9.90. The third-order valence-electron chi connectivity index (χ3n) is 6.62. The zero-order chi connectivity index (χ0) is 28.4. The fourth-order valence-corrected chi connectivity index (χ4v) is 5.20. The molecule has 0 bridgehead atoms. The highest BCUT2D eigenvalue weighted by molar-refractivity contribution is 9.10. The number of amides is 3. The number of carboxylic acid groups (broad SMARTS) is 1. The van der Waals surface area contributed by atoms with Crippen LogP contribution < -0.4 is 10.2 Å². The number of hydrogen-bond acceptors (Lipinski definition) is 3. The number of benzene rings is 3. The minimum Gasteiger partial charge on any atom is -0.481 e. The Balaban J connectivity index is 1.83. The van der Waals surface area contributed by atoms with Crippen molar-refractivity contribution in [1.29, 1.82) is 0 Å². The van der Waals surface area contributed by atoms with Gasteiger partial charge in [0.2, 0.25) is 0 Å². The molecule has 202 valence electrons. The SMILES string of the molecule is CC1=C(C(=O)N(C)Cc2ccccc2Cl)C(c2c(C)ccc(Br)c2F)NC(=O)N1c1ccc(CC(=O)O)cc1. The van der Waals surface area contributed by atoms with E-state index in [2.05, 4.69) is 21.2 Å². The van der Waals surface area contributed by atoms with Gasteiger partial charge in [0.1, 0.15) is 5.82 Å². The fourth-order valence-electron chi connectivity index (χ4n) is 4.66. The monoisotopic (exact) mass is 613 g/mol. The predicted octanol–water partition coefficient (Wildman–Crippen LogP) is 6.38. The van der Waals surface area contributed by atoms with Crippen LogP contribution in [0.15, 0.2) is 76.4 Å². The van der Waals surface area contributed by atoms with E-state index >= 15 is 4.39 Å². The lowest BCUT2D eigenvalue weighted by Crippen LogP contribution is -2.50. The second kappa shape index (κ2) is 11.6. The van der Waals surface area contributed by atoms with E-state index in [1.807, 2.05) is 12.1 Å². The summed E-state index contributed by atoms with van der Waals surface area (Å²) < 4.78 is 15.7. The molecule has 3 amide bonds. The molecule has 1 heterocycles. The first-order valence-corrected chi connectivity index (χ1v) is 13.2. The standard InChI is InChI=1S/C29H26BrClFN3O4/c1-16-8-13-21(30)26(32)24(16)27-25(28(38)34(3)15-19-6-4-5-7-22(19)31)17(2)35(29(39)33-27)20-11-9-18(10-12-20)14-23(36)37/h4-13,27H,14-15H2,1-3H3,(H,33,39)(H,36,37). The molecule has 0 radical (unpaired) electrons. The van der Waals surface area contributed by atoms with Crippen molar-refractivity contribution in [3.05, 3.63) is 110 Å². The Hall–Kier alpha value is -3.69. The molecule has 3 aromatic carbocycles. The summed E-state index contributed by atoms with van der Waals surface area (Å²) in [6.45, 7) is 3.55. The number of carboxylic acids is 1. The van der Waals surface area contributed by atoms with Crippen molar-refractivity contribution in [3.8, 4) is 0 Å². The van der Waals surface area contributed by atoms with Gasteiger partial charge in [-0.25, -0.2) is 9.18 Å². The Bertz CT molecular complexity index is 1490.